The van der Waals surface area contributed by atoms with Crippen LogP contribution in [0, 0.1) is 0 Å². The van der Waals surface area contributed by atoms with Crippen LogP contribution in [0.1, 0.15) is 22.8 Å². The molecular formula is C23H18ClN3O3S. The van der Waals surface area contributed by atoms with Crippen molar-refractivity contribution in [2.75, 3.05) is 5.32 Å². The summed E-state index contributed by atoms with van der Waals surface area (Å²) in [6.45, 7) is 2.07. The third-order valence-corrected chi connectivity index (χ3v) is 5.23. The monoisotopic (exact) mass is 451 g/mol. The molecule has 8 heteroatoms. The Morgan fingerprint density at radius 2 is 1.97 bits per heavy atom. The van der Waals surface area contributed by atoms with Crippen LogP contribution >= 0.6 is 23.8 Å². The highest BCUT2D eigenvalue weighted by Crippen LogP contribution is 2.33. The molecule has 1 aromatic heterocycles. The van der Waals surface area contributed by atoms with Crippen molar-refractivity contribution in [2.45, 2.75) is 13.3 Å². The van der Waals surface area contributed by atoms with Crippen LogP contribution in [-0.4, -0.2) is 21.1 Å². The highest BCUT2D eigenvalue weighted by atomic mass is 35.5. The lowest BCUT2D eigenvalue weighted by Gasteiger charge is -2.11. The topological polar surface area (TPSA) is 87.4 Å². The Morgan fingerprint density at radius 3 is 2.71 bits per heavy atom. The summed E-state index contributed by atoms with van der Waals surface area (Å²) in [5, 5.41) is 16.3. The number of anilines is 1. The van der Waals surface area contributed by atoms with E-state index >= 15 is 0 Å². The lowest BCUT2D eigenvalue weighted by molar-refractivity contribution is 0.0978. The van der Waals surface area contributed by atoms with Gasteiger partial charge in [-0.2, -0.15) is 0 Å². The molecule has 0 aliphatic rings. The Balaban J connectivity index is 1.49. The second-order valence-electron chi connectivity index (χ2n) is 6.79. The molecule has 0 saturated carbocycles. The zero-order valence-electron chi connectivity index (χ0n) is 16.5. The van der Waals surface area contributed by atoms with Crippen molar-refractivity contribution < 1.29 is 14.3 Å². The number of benzene rings is 3. The summed E-state index contributed by atoms with van der Waals surface area (Å²) < 4.78 is 5.78. The number of halogens is 1. The molecule has 0 fully saturated rings. The average molecular weight is 452 g/mol. The lowest BCUT2D eigenvalue weighted by Crippen LogP contribution is -2.34. The quantitative estimate of drug-likeness (QED) is 0.353. The van der Waals surface area contributed by atoms with Crippen LogP contribution in [0.4, 0.5) is 5.69 Å². The number of aryl methyl sites for hydroxylation is 1. The van der Waals surface area contributed by atoms with Gasteiger partial charge in [-0.05, 0) is 60.6 Å². The number of hydrogen-bond acceptors (Lipinski definition) is 5. The number of nitrogens with zero attached hydrogens (tertiary/aromatic N) is 1. The molecule has 0 spiro atoms. The van der Waals surface area contributed by atoms with E-state index in [0.717, 1.165) is 17.5 Å². The number of carbonyl (C=O) groups excluding carboxylic acids is 1. The predicted molar refractivity (Wildman–Crippen MR) is 126 cm³/mol. The zero-order chi connectivity index (χ0) is 22.0. The number of hydrogen-bond donors (Lipinski definition) is 3. The first-order chi connectivity index (χ1) is 14.9. The summed E-state index contributed by atoms with van der Waals surface area (Å²) >= 11 is 11.2. The van der Waals surface area contributed by atoms with E-state index in [-0.39, 0.29) is 10.9 Å². The summed E-state index contributed by atoms with van der Waals surface area (Å²) in [6.07, 6.45) is 0.899. The number of carbonyl (C=O) groups is 1. The van der Waals surface area contributed by atoms with Crippen molar-refractivity contribution >= 4 is 51.6 Å². The molecule has 3 aromatic carbocycles. The van der Waals surface area contributed by atoms with E-state index < -0.39 is 5.91 Å². The van der Waals surface area contributed by atoms with E-state index in [4.69, 9.17) is 28.2 Å². The fourth-order valence-corrected chi connectivity index (χ4v) is 3.51. The van der Waals surface area contributed by atoms with Gasteiger partial charge < -0.3 is 14.8 Å². The number of oxazole rings is 1. The zero-order valence-corrected chi connectivity index (χ0v) is 18.1. The second-order valence-corrected chi connectivity index (χ2v) is 7.61. The molecule has 0 atom stereocenters. The fourth-order valence-electron chi connectivity index (χ4n) is 3.08. The van der Waals surface area contributed by atoms with Gasteiger partial charge in [0.15, 0.2) is 10.7 Å². The Hall–Kier alpha value is -3.42. The van der Waals surface area contributed by atoms with Crippen LogP contribution in [0.5, 0.6) is 5.75 Å². The van der Waals surface area contributed by atoms with Gasteiger partial charge in [0.25, 0.3) is 5.91 Å². The number of phenols is 1. The molecule has 6 nitrogen and oxygen atoms in total. The number of amides is 1. The maximum atomic E-state index is 12.3. The number of thiocarbonyl (C=S) groups is 1. The average Bonchev–Trinajstić information content (AvgIpc) is 3.16. The lowest BCUT2D eigenvalue weighted by atomic mass is 10.1. The molecule has 3 N–H and O–H groups in total. The van der Waals surface area contributed by atoms with Crippen LogP contribution in [0.25, 0.3) is 22.6 Å². The largest absolute Gasteiger partial charge is 0.507 e. The first-order valence-corrected chi connectivity index (χ1v) is 10.3. The molecule has 1 heterocycles. The van der Waals surface area contributed by atoms with Gasteiger partial charge in [0, 0.05) is 11.8 Å². The highest BCUT2D eigenvalue weighted by Gasteiger charge is 2.15. The predicted octanol–water partition coefficient (Wildman–Crippen LogP) is 5.54. The molecule has 1 amide bonds. The second kappa shape index (κ2) is 8.75. The van der Waals surface area contributed by atoms with Crippen molar-refractivity contribution in [3.8, 4) is 17.2 Å². The number of rotatable bonds is 4. The maximum absolute atomic E-state index is 12.3. The minimum Gasteiger partial charge on any atom is -0.507 e. The van der Waals surface area contributed by atoms with Crippen molar-refractivity contribution in [2.24, 2.45) is 0 Å². The van der Waals surface area contributed by atoms with Crippen LogP contribution < -0.4 is 10.6 Å². The summed E-state index contributed by atoms with van der Waals surface area (Å²) in [6, 6.07) is 17.4. The molecule has 0 radical (unpaired) electrons. The van der Waals surface area contributed by atoms with Gasteiger partial charge in [-0.3, -0.25) is 10.1 Å². The number of phenolic OH excluding ortho intramolecular Hbond substituents is 1. The SMILES string of the molecule is CCc1ccc2oc(-c3ccc(NC(=S)NC(=O)c4ccccc4Cl)cc3O)nc2c1. The molecule has 0 saturated heterocycles. The van der Waals surface area contributed by atoms with Gasteiger partial charge in [0.05, 0.1) is 16.1 Å². The molecular weight excluding hydrogens is 434 g/mol. The Bertz CT molecular complexity index is 1300. The fraction of sp³-hybridized carbons (Fsp3) is 0.0870. The van der Waals surface area contributed by atoms with Gasteiger partial charge in [0.1, 0.15) is 11.3 Å². The number of nitrogens with one attached hydrogen (secondary N) is 2. The van der Waals surface area contributed by atoms with E-state index in [1.807, 2.05) is 18.2 Å². The van der Waals surface area contributed by atoms with Crippen molar-refractivity contribution in [1.82, 2.24) is 10.3 Å². The molecule has 4 aromatic rings. The number of fused-ring (bicyclic) bond motifs is 1. The van der Waals surface area contributed by atoms with Gasteiger partial charge in [0.2, 0.25) is 5.89 Å². The Morgan fingerprint density at radius 1 is 1.16 bits per heavy atom. The minimum atomic E-state index is -0.429. The first-order valence-electron chi connectivity index (χ1n) is 9.54. The molecule has 4 rings (SSSR count). The molecule has 0 aliphatic carbocycles. The van der Waals surface area contributed by atoms with Crippen molar-refractivity contribution in [3.05, 3.63) is 76.8 Å². The summed E-state index contributed by atoms with van der Waals surface area (Å²) in [4.78, 5) is 16.8. The standard InChI is InChI=1S/C23H18ClN3O3S/c1-2-13-7-10-20-18(11-13)26-22(30-20)16-9-8-14(12-19(16)28)25-23(31)27-21(29)15-5-3-4-6-17(15)24/h3-12,28H,2H2,1H3,(H2,25,27,29,31). The van der Waals surface area contributed by atoms with Crippen LogP contribution in [0.3, 0.4) is 0 Å². The molecule has 0 aliphatic heterocycles. The van der Waals surface area contributed by atoms with Crippen molar-refractivity contribution in [3.63, 3.8) is 0 Å². The number of aromatic hydroxyl groups is 1. The van der Waals surface area contributed by atoms with E-state index in [9.17, 15) is 9.90 Å². The highest BCUT2D eigenvalue weighted by molar-refractivity contribution is 7.80. The third-order valence-electron chi connectivity index (χ3n) is 4.69. The minimum absolute atomic E-state index is 0.0347. The van der Waals surface area contributed by atoms with Gasteiger partial charge >= 0.3 is 0 Å². The summed E-state index contributed by atoms with van der Waals surface area (Å²) in [5.74, 6) is -0.142. The molecule has 31 heavy (non-hydrogen) atoms. The molecule has 0 unspecified atom stereocenters. The summed E-state index contributed by atoms with van der Waals surface area (Å²) in [5.41, 5.74) is 3.80. The van der Waals surface area contributed by atoms with E-state index in [2.05, 4.69) is 22.5 Å². The normalized spacial score (nSPS) is 10.8. The Labute approximate surface area is 188 Å². The van der Waals surface area contributed by atoms with Gasteiger partial charge in [-0.15, -0.1) is 0 Å². The van der Waals surface area contributed by atoms with Crippen LogP contribution in [-0.2, 0) is 6.42 Å². The van der Waals surface area contributed by atoms with E-state index in [1.54, 1.807) is 36.4 Å². The maximum Gasteiger partial charge on any atom is 0.258 e. The Kier molecular flexibility index (Phi) is 5.88. The van der Waals surface area contributed by atoms with Crippen LogP contribution in [0.15, 0.2) is 65.1 Å². The summed E-state index contributed by atoms with van der Waals surface area (Å²) in [7, 11) is 0. The molecule has 0 bridgehead atoms. The van der Waals surface area contributed by atoms with Gasteiger partial charge in [-0.25, -0.2) is 4.98 Å². The van der Waals surface area contributed by atoms with Gasteiger partial charge in [-0.1, -0.05) is 36.7 Å². The molecule has 156 valence electrons. The smallest absolute Gasteiger partial charge is 0.258 e. The number of aromatic nitrogens is 1. The first kappa shape index (κ1) is 20.8. The van der Waals surface area contributed by atoms with E-state index in [1.165, 1.54) is 6.07 Å². The van der Waals surface area contributed by atoms with Crippen LogP contribution in [0.2, 0.25) is 5.02 Å². The van der Waals surface area contributed by atoms with Crippen molar-refractivity contribution in [1.29, 1.82) is 0 Å². The van der Waals surface area contributed by atoms with E-state index in [0.29, 0.717) is 33.3 Å². The third kappa shape index (κ3) is 4.52.